The van der Waals surface area contributed by atoms with Crippen LogP contribution in [0.3, 0.4) is 0 Å². The van der Waals surface area contributed by atoms with E-state index < -0.39 is 6.10 Å². The summed E-state index contributed by atoms with van der Waals surface area (Å²) in [6.45, 7) is 0.615. The highest BCUT2D eigenvalue weighted by atomic mass is 16.3. The molecule has 0 aromatic rings. The van der Waals surface area contributed by atoms with Gasteiger partial charge in [-0.25, -0.2) is 5.01 Å². The van der Waals surface area contributed by atoms with Crippen LogP contribution in [-0.4, -0.2) is 40.5 Å². The topological polar surface area (TPSA) is 69.7 Å². The quantitative estimate of drug-likeness (QED) is 0.371. The lowest BCUT2D eigenvalue weighted by molar-refractivity contribution is 0.0717. The van der Waals surface area contributed by atoms with Gasteiger partial charge in [0.15, 0.2) is 0 Å². The van der Waals surface area contributed by atoms with Crippen molar-refractivity contribution >= 4 is 0 Å². The van der Waals surface area contributed by atoms with E-state index in [-0.39, 0.29) is 12.6 Å². The molecule has 1 heterocycles. The first-order chi connectivity index (χ1) is 4.25. The molecule has 0 amide bonds. The van der Waals surface area contributed by atoms with Crippen molar-refractivity contribution in [2.75, 3.05) is 13.2 Å². The summed E-state index contributed by atoms with van der Waals surface area (Å²) in [5.41, 5.74) is 0. The highest BCUT2D eigenvalue weighted by molar-refractivity contribution is 4.82. The first-order valence-corrected chi connectivity index (χ1v) is 3.06. The molecule has 0 aromatic carbocycles. The van der Waals surface area contributed by atoms with E-state index in [0.717, 1.165) is 0 Å². The molecule has 1 fully saturated rings. The summed E-state index contributed by atoms with van der Waals surface area (Å²) in [5.74, 6) is 5.39. The fraction of sp³-hybridized carbons (Fsp3) is 1.00. The summed E-state index contributed by atoms with van der Waals surface area (Å²) >= 11 is 0. The SMILES string of the molecule is NN1CC[C@H](O)[C@H]1CO. The Morgan fingerprint density at radius 3 is 2.56 bits per heavy atom. The molecule has 1 aliphatic rings. The van der Waals surface area contributed by atoms with Crippen LogP contribution in [0.25, 0.3) is 0 Å². The maximum absolute atomic E-state index is 9.08. The van der Waals surface area contributed by atoms with Gasteiger partial charge in [-0.2, -0.15) is 0 Å². The summed E-state index contributed by atoms with van der Waals surface area (Å²) in [6, 6.07) is -0.245. The van der Waals surface area contributed by atoms with Gasteiger partial charge in [0.2, 0.25) is 0 Å². The predicted octanol–water partition coefficient (Wildman–Crippen LogP) is -1.71. The monoisotopic (exact) mass is 132 g/mol. The van der Waals surface area contributed by atoms with Crippen molar-refractivity contribution in [1.29, 1.82) is 0 Å². The molecule has 0 unspecified atom stereocenters. The van der Waals surface area contributed by atoms with Crippen molar-refractivity contribution in [3.05, 3.63) is 0 Å². The molecule has 1 rings (SSSR count). The standard InChI is InChI=1S/C5H12N2O2/c6-7-2-1-5(9)4(7)3-8/h4-5,8-9H,1-3,6H2/t4-,5+/m1/s1. The van der Waals surface area contributed by atoms with Crippen molar-refractivity contribution in [2.45, 2.75) is 18.6 Å². The van der Waals surface area contributed by atoms with Crippen LogP contribution >= 0.6 is 0 Å². The van der Waals surface area contributed by atoms with Crippen LogP contribution in [0.4, 0.5) is 0 Å². The highest BCUT2D eigenvalue weighted by Gasteiger charge is 2.29. The maximum Gasteiger partial charge on any atom is 0.0744 e. The van der Waals surface area contributed by atoms with Gasteiger partial charge in [-0.15, -0.1) is 0 Å². The fourth-order valence-corrected chi connectivity index (χ4v) is 1.09. The Morgan fingerprint density at radius 2 is 2.33 bits per heavy atom. The molecule has 1 aliphatic heterocycles. The average Bonchev–Trinajstić information content (AvgIpc) is 2.12. The molecule has 1 saturated heterocycles. The third-order valence-electron chi connectivity index (χ3n) is 1.74. The maximum atomic E-state index is 9.08. The molecular weight excluding hydrogens is 120 g/mol. The van der Waals surface area contributed by atoms with Crippen LogP contribution in [0.2, 0.25) is 0 Å². The summed E-state index contributed by atoms with van der Waals surface area (Å²) in [5, 5.41) is 19.2. The van der Waals surface area contributed by atoms with E-state index in [2.05, 4.69) is 0 Å². The van der Waals surface area contributed by atoms with Crippen molar-refractivity contribution in [3.63, 3.8) is 0 Å². The second-order valence-corrected chi connectivity index (χ2v) is 2.34. The van der Waals surface area contributed by atoms with Gasteiger partial charge in [-0.05, 0) is 6.42 Å². The minimum Gasteiger partial charge on any atom is -0.395 e. The molecule has 54 valence electrons. The first-order valence-electron chi connectivity index (χ1n) is 3.06. The average molecular weight is 132 g/mol. The number of hydrogen-bond donors (Lipinski definition) is 3. The number of rotatable bonds is 1. The second kappa shape index (κ2) is 2.62. The van der Waals surface area contributed by atoms with Gasteiger partial charge in [0.25, 0.3) is 0 Å². The second-order valence-electron chi connectivity index (χ2n) is 2.34. The van der Waals surface area contributed by atoms with E-state index in [1.807, 2.05) is 0 Å². The molecule has 0 aliphatic carbocycles. The zero-order valence-corrected chi connectivity index (χ0v) is 5.20. The van der Waals surface area contributed by atoms with Crippen LogP contribution < -0.4 is 5.84 Å². The molecule has 4 heteroatoms. The Bertz CT molecular complexity index is 89.0. The number of nitrogens with zero attached hydrogens (tertiary/aromatic N) is 1. The van der Waals surface area contributed by atoms with Crippen LogP contribution in [0, 0.1) is 0 Å². The Labute approximate surface area is 53.9 Å². The Morgan fingerprint density at radius 1 is 1.67 bits per heavy atom. The van der Waals surface area contributed by atoms with Gasteiger partial charge in [-0.3, -0.25) is 5.84 Å². The fourth-order valence-electron chi connectivity index (χ4n) is 1.09. The zero-order chi connectivity index (χ0) is 6.85. The molecule has 2 atom stereocenters. The highest BCUT2D eigenvalue weighted by Crippen LogP contribution is 2.12. The summed E-state index contributed by atoms with van der Waals surface area (Å²) in [6.07, 6.45) is 0.224. The van der Waals surface area contributed by atoms with Crippen LogP contribution in [0.5, 0.6) is 0 Å². The first kappa shape index (κ1) is 6.95. The Balaban J connectivity index is 2.44. The zero-order valence-electron chi connectivity index (χ0n) is 5.20. The summed E-state index contributed by atoms with van der Waals surface area (Å²) in [4.78, 5) is 0. The lowest BCUT2D eigenvalue weighted by atomic mass is 10.2. The molecule has 0 aromatic heterocycles. The number of aliphatic hydroxyl groups is 2. The van der Waals surface area contributed by atoms with Crippen LogP contribution in [0.1, 0.15) is 6.42 Å². The Kier molecular flexibility index (Phi) is 2.02. The van der Waals surface area contributed by atoms with Gasteiger partial charge in [0.05, 0.1) is 18.8 Å². The van der Waals surface area contributed by atoms with Gasteiger partial charge < -0.3 is 10.2 Å². The van der Waals surface area contributed by atoms with E-state index in [4.69, 9.17) is 16.1 Å². The molecule has 0 spiro atoms. The van der Waals surface area contributed by atoms with Crippen LogP contribution in [0.15, 0.2) is 0 Å². The predicted molar refractivity (Wildman–Crippen MR) is 32.4 cm³/mol. The number of hydrazine groups is 1. The Hall–Kier alpha value is -0.160. The van der Waals surface area contributed by atoms with Crippen LogP contribution in [-0.2, 0) is 0 Å². The van der Waals surface area contributed by atoms with Crippen molar-refractivity contribution in [3.8, 4) is 0 Å². The number of hydrogen-bond acceptors (Lipinski definition) is 4. The number of nitrogens with two attached hydrogens (primary N) is 1. The minimum absolute atomic E-state index is 0.0579. The van der Waals surface area contributed by atoms with E-state index in [9.17, 15) is 0 Å². The third-order valence-corrected chi connectivity index (χ3v) is 1.74. The molecule has 4 N–H and O–H groups in total. The van der Waals surface area contributed by atoms with Crippen molar-refractivity contribution in [1.82, 2.24) is 5.01 Å². The van der Waals surface area contributed by atoms with E-state index >= 15 is 0 Å². The van der Waals surface area contributed by atoms with Gasteiger partial charge in [0.1, 0.15) is 0 Å². The normalized spacial score (nSPS) is 37.7. The largest absolute Gasteiger partial charge is 0.395 e. The number of aliphatic hydroxyl groups excluding tert-OH is 2. The molecule has 0 saturated carbocycles. The third kappa shape index (κ3) is 1.21. The van der Waals surface area contributed by atoms with E-state index in [0.29, 0.717) is 13.0 Å². The molecule has 0 bridgehead atoms. The van der Waals surface area contributed by atoms with Crippen molar-refractivity contribution in [2.24, 2.45) is 5.84 Å². The summed E-state index contributed by atoms with van der Waals surface area (Å²) < 4.78 is 0. The summed E-state index contributed by atoms with van der Waals surface area (Å²) in [7, 11) is 0. The molecule has 4 nitrogen and oxygen atoms in total. The van der Waals surface area contributed by atoms with Gasteiger partial charge in [-0.1, -0.05) is 0 Å². The lowest BCUT2D eigenvalue weighted by Gasteiger charge is -2.17. The molecule has 9 heavy (non-hydrogen) atoms. The van der Waals surface area contributed by atoms with Gasteiger partial charge in [0, 0.05) is 6.54 Å². The van der Waals surface area contributed by atoms with E-state index in [1.54, 1.807) is 0 Å². The molecular formula is C5H12N2O2. The smallest absolute Gasteiger partial charge is 0.0744 e. The minimum atomic E-state index is -0.444. The molecule has 0 radical (unpaired) electrons. The lowest BCUT2D eigenvalue weighted by Crippen LogP contribution is -2.42. The van der Waals surface area contributed by atoms with Gasteiger partial charge >= 0.3 is 0 Å². The van der Waals surface area contributed by atoms with E-state index in [1.165, 1.54) is 5.01 Å². The van der Waals surface area contributed by atoms with Crippen molar-refractivity contribution < 1.29 is 10.2 Å².